The molecule has 0 radical (unpaired) electrons. The molecule has 1 saturated carbocycles. The summed E-state index contributed by atoms with van der Waals surface area (Å²) in [5.41, 5.74) is 0.135. The number of rotatable bonds is 4. The lowest BCUT2D eigenvalue weighted by atomic mass is 9.68. The fraction of sp³-hybridized carbons (Fsp3) is 0.500. The zero-order valence-corrected chi connectivity index (χ0v) is 19.8. The van der Waals surface area contributed by atoms with Gasteiger partial charge >= 0.3 is 6.09 Å². The van der Waals surface area contributed by atoms with Crippen LogP contribution >= 0.6 is 27.5 Å². The number of nitrogens with one attached hydrogen (secondary N) is 1. The molecule has 8 heteroatoms. The van der Waals surface area contributed by atoms with Crippen molar-refractivity contribution >= 4 is 33.6 Å². The average Bonchev–Trinajstić information content (AvgIpc) is 2.67. The Hall–Kier alpha value is -1.86. The quantitative estimate of drug-likeness (QED) is 0.628. The second-order valence-electron chi connectivity index (χ2n) is 8.82. The molecule has 0 atom stereocenters. The predicted molar refractivity (Wildman–Crippen MR) is 121 cm³/mol. The van der Waals surface area contributed by atoms with Gasteiger partial charge in [-0.3, -0.25) is 4.79 Å². The second kappa shape index (κ2) is 9.10. The number of nitrogens with zero attached hydrogens (tertiary/aromatic N) is 2. The summed E-state index contributed by atoms with van der Waals surface area (Å²) < 4.78 is 7.62. The van der Waals surface area contributed by atoms with Gasteiger partial charge in [-0.05, 0) is 86.1 Å². The van der Waals surface area contributed by atoms with Gasteiger partial charge in [-0.2, -0.15) is 5.10 Å². The van der Waals surface area contributed by atoms with Gasteiger partial charge in [0.2, 0.25) is 0 Å². The number of hydrogen-bond donors (Lipinski definition) is 1. The van der Waals surface area contributed by atoms with E-state index in [-0.39, 0.29) is 17.0 Å². The van der Waals surface area contributed by atoms with Crippen molar-refractivity contribution in [3.05, 3.63) is 61.9 Å². The average molecular weight is 497 g/mol. The van der Waals surface area contributed by atoms with Crippen LogP contribution in [0.2, 0.25) is 5.02 Å². The van der Waals surface area contributed by atoms with Crippen molar-refractivity contribution in [1.82, 2.24) is 15.1 Å². The van der Waals surface area contributed by atoms with E-state index >= 15 is 0 Å². The van der Waals surface area contributed by atoms with E-state index in [2.05, 4.69) is 26.3 Å². The van der Waals surface area contributed by atoms with Crippen molar-refractivity contribution in [2.24, 2.45) is 0 Å². The van der Waals surface area contributed by atoms with E-state index in [0.717, 1.165) is 31.2 Å². The van der Waals surface area contributed by atoms with E-state index in [9.17, 15) is 9.59 Å². The molecular formula is C22H27BrClN3O3. The molecule has 3 rings (SSSR count). The maximum Gasteiger partial charge on any atom is 0.407 e. The normalized spacial score (nSPS) is 21.8. The van der Waals surface area contributed by atoms with Crippen molar-refractivity contribution in [2.75, 3.05) is 6.54 Å². The molecule has 1 aliphatic rings. The largest absolute Gasteiger partial charge is 0.444 e. The third-order valence-electron chi connectivity index (χ3n) is 5.46. The Labute approximate surface area is 190 Å². The maximum absolute atomic E-state index is 12.3. The number of carbonyl (C=O) groups excluding carboxylic acids is 1. The summed E-state index contributed by atoms with van der Waals surface area (Å²) in [5.74, 6) is 0. The Morgan fingerprint density at radius 2 is 2.00 bits per heavy atom. The van der Waals surface area contributed by atoms with Crippen molar-refractivity contribution in [2.45, 2.75) is 63.5 Å². The van der Waals surface area contributed by atoms with Crippen molar-refractivity contribution in [3.63, 3.8) is 0 Å². The molecule has 0 unspecified atom stereocenters. The molecule has 0 bridgehead atoms. The van der Waals surface area contributed by atoms with Crippen LogP contribution in [0, 0.1) is 0 Å². The van der Waals surface area contributed by atoms with E-state index < -0.39 is 11.7 Å². The zero-order chi connectivity index (χ0) is 21.9. The molecule has 1 N–H and O–H groups in total. The molecule has 30 heavy (non-hydrogen) atoms. The van der Waals surface area contributed by atoms with E-state index in [1.165, 1.54) is 6.07 Å². The fourth-order valence-electron chi connectivity index (χ4n) is 4.00. The highest BCUT2D eigenvalue weighted by Gasteiger charge is 2.38. The van der Waals surface area contributed by atoms with Gasteiger partial charge < -0.3 is 10.1 Å². The Morgan fingerprint density at radius 1 is 1.30 bits per heavy atom. The second-order valence-corrected chi connectivity index (χ2v) is 10.1. The predicted octanol–water partition coefficient (Wildman–Crippen LogP) is 5.24. The molecule has 0 spiro atoms. The third-order valence-corrected chi connectivity index (χ3v) is 6.12. The number of hydrogen-bond acceptors (Lipinski definition) is 4. The molecule has 1 heterocycles. The number of amides is 1. The zero-order valence-electron chi connectivity index (χ0n) is 17.5. The molecule has 2 aromatic rings. The van der Waals surface area contributed by atoms with Crippen molar-refractivity contribution < 1.29 is 9.53 Å². The van der Waals surface area contributed by atoms with Gasteiger partial charge in [0, 0.05) is 23.0 Å². The molecule has 162 valence electrons. The van der Waals surface area contributed by atoms with E-state index in [1.807, 2.05) is 45.0 Å². The SMILES string of the molecule is CC(C)(C)OC(=O)NC[C@]1(c2cccc(Cl)c2)CC[C@@H](n2nc(Br)ccc2=O)CC1. The van der Waals surface area contributed by atoms with E-state index in [1.54, 1.807) is 10.7 Å². The highest BCUT2D eigenvalue weighted by molar-refractivity contribution is 9.10. The van der Waals surface area contributed by atoms with E-state index in [0.29, 0.717) is 16.2 Å². The highest BCUT2D eigenvalue weighted by atomic mass is 79.9. The van der Waals surface area contributed by atoms with Crippen LogP contribution in [-0.4, -0.2) is 28.0 Å². The molecule has 1 amide bonds. The molecule has 1 aromatic heterocycles. The van der Waals surface area contributed by atoms with Gasteiger partial charge in [-0.1, -0.05) is 23.7 Å². The summed E-state index contributed by atoms with van der Waals surface area (Å²) in [6.07, 6.45) is 2.68. The van der Waals surface area contributed by atoms with Gasteiger partial charge in [0.1, 0.15) is 10.2 Å². The minimum atomic E-state index is -0.557. The Morgan fingerprint density at radius 3 is 2.63 bits per heavy atom. The van der Waals surface area contributed by atoms with Gasteiger partial charge in [-0.15, -0.1) is 0 Å². The molecule has 0 saturated heterocycles. The summed E-state index contributed by atoms with van der Waals surface area (Å²) in [6.45, 7) is 5.96. The molecule has 6 nitrogen and oxygen atoms in total. The summed E-state index contributed by atoms with van der Waals surface area (Å²) in [7, 11) is 0. The van der Waals surface area contributed by atoms with Crippen LogP contribution < -0.4 is 10.9 Å². The van der Waals surface area contributed by atoms with Crippen LogP contribution in [0.15, 0.2) is 45.8 Å². The summed E-state index contributed by atoms with van der Waals surface area (Å²) in [5, 5.41) is 7.97. The number of halogens is 2. The third kappa shape index (κ3) is 5.64. The van der Waals surface area contributed by atoms with Crippen LogP contribution in [0.1, 0.15) is 58.1 Å². The fourth-order valence-corrected chi connectivity index (χ4v) is 4.50. The maximum atomic E-state index is 12.3. The lowest BCUT2D eigenvalue weighted by Crippen LogP contribution is -2.45. The van der Waals surface area contributed by atoms with Gasteiger partial charge in [0.25, 0.3) is 5.56 Å². The van der Waals surface area contributed by atoms with Crippen LogP contribution in [0.5, 0.6) is 0 Å². The molecule has 1 fully saturated rings. The van der Waals surface area contributed by atoms with Crippen molar-refractivity contribution in [1.29, 1.82) is 0 Å². The number of benzene rings is 1. The lowest BCUT2D eigenvalue weighted by molar-refractivity contribution is 0.0504. The monoisotopic (exact) mass is 495 g/mol. The minimum absolute atomic E-state index is 0.0174. The van der Waals surface area contributed by atoms with Crippen LogP contribution in [0.4, 0.5) is 4.79 Å². The standard InChI is InChI=1S/C22H27BrClN3O3/c1-21(2,3)30-20(29)25-14-22(15-5-4-6-16(24)13-15)11-9-17(10-12-22)27-19(28)8-7-18(23)26-27/h4-8,13,17H,9-12,14H2,1-3H3,(H,25,29)/t17-,22+. The molecular weight excluding hydrogens is 470 g/mol. The molecule has 0 aliphatic heterocycles. The molecule has 1 aromatic carbocycles. The summed E-state index contributed by atoms with van der Waals surface area (Å²) in [4.78, 5) is 24.6. The number of ether oxygens (including phenoxy) is 1. The van der Waals surface area contributed by atoms with Crippen LogP contribution in [-0.2, 0) is 10.2 Å². The van der Waals surface area contributed by atoms with Crippen LogP contribution in [0.25, 0.3) is 0 Å². The minimum Gasteiger partial charge on any atom is -0.444 e. The number of carbonyl (C=O) groups is 1. The van der Waals surface area contributed by atoms with Gasteiger partial charge in [0.05, 0.1) is 6.04 Å². The Kier molecular flexibility index (Phi) is 6.92. The van der Waals surface area contributed by atoms with Crippen molar-refractivity contribution in [3.8, 4) is 0 Å². The lowest BCUT2D eigenvalue weighted by Gasteiger charge is -2.41. The Bertz CT molecular complexity index is 963. The highest BCUT2D eigenvalue weighted by Crippen LogP contribution is 2.43. The first-order chi connectivity index (χ1) is 14.1. The molecule has 1 aliphatic carbocycles. The smallest absolute Gasteiger partial charge is 0.407 e. The summed E-state index contributed by atoms with van der Waals surface area (Å²) in [6, 6.07) is 11.0. The van der Waals surface area contributed by atoms with E-state index in [4.69, 9.17) is 16.3 Å². The Balaban J connectivity index is 1.81. The van der Waals surface area contributed by atoms with Gasteiger partial charge in [0.15, 0.2) is 0 Å². The van der Waals surface area contributed by atoms with Gasteiger partial charge in [-0.25, -0.2) is 9.48 Å². The summed E-state index contributed by atoms with van der Waals surface area (Å²) >= 11 is 9.61. The number of aromatic nitrogens is 2. The van der Waals surface area contributed by atoms with Crippen LogP contribution in [0.3, 0.4) is 0 Å². The first-order valence-electron chi connectivity index (χ1n) is 10.1. The first-order valence-corrected chi connectivity index (χ1v) is 11.2. The number of alkyl carbamates (subject to hydrolysis) is 1. The topological polar surface area (TPSA) is 73.2 Å². The first kappa shape index (κ1) is 22.8.